The van der Waals surface area contributed by atoms with Crippen LogP contribution in [0.2, 0.25) is 0 Å². The molecule has 0 radical (unpaired) electrons. The number of rotatable bonds is 8. The van der Waals surface area contributed by atoms with Gasteiger partial charge in [-0.2, -0.15) is 0 Å². The van der Waals surface area contributed by atoms with Crippen LogP contribution in [-0.2, 0) is 16.0 Å². The summed E-state index contributed by atoms with van der Waals surface area (Å²) in [6.45, 7) is 8.47. The van der Waals surface area contributed by atoms with Gasteiger partial charge < -0.3 is 14.5 Å². The second-order valence-electron chi connectivity index (χ2n) is 8.77. The Balaban J connectivity index is 1.48. The van der Waals surface area contributed by atoms with Crippen LogP contribution in [0, 0.1) is 12.8 Å². The van der Waals surface area contributed by atoms with Gasteiger partial charge in [0.2, 0.25) is 0 Å². The summed E-state index contributed by atoms with van der Waals surface area (Å²) in [5, 5.41) is 0. The van der Waals surface area contributed by atoms with Crippen molar-refractivity contribution in [3.05, 3.63) is 35.4 Å². The van der Waals surface area contributed by atoms with E-state index in [1.165, 1.54) is 36.8 Å². The summed E-state index contributed by atoms with van der Waals surface area (Å²) in [6.07, 6.45) is 8.05. The number of likely N-dealkylation sites (tertiary alicyclic amines) is 1. The summed E-state index contributed by atoms with van der Waals surface area (Å²) >= 11 is 0. The van der Waals surface area contributed by atoms with E-state index in [1.807, 2.05) is 6.92 Å². The number of aryl methyl sites for hydroxylation is 1. The van der Waals surface area contributed by atoms with E-state index < -0.39 is 0 Å². The Morgan fingerprint density at radius 3 is 2.50 bits per heavy atom. The smallest absolute Gasteiger partial charge is 0.251 e. The molecule has 1 amide bonds. The van der Waals surface area contributed by atoms with Crippen LogP contribution in [-0.4, -0.2) is 61.1 Å². The van der Waals surface area contributed by atoms with Crippen molar-refractivity contribution < 1.29 is 9.53 Å². The molecular weight excluding hydrogens is 348 g/mol. The van der Waals surface area contributed by atoms with Crippen molar-refractivity contribution in [2.24, 2.45) is 5.92 Å². The molecular formula is C24H38N2O2. The molecule has 28 heavy (non-hydrogen) atoms. The van der Waals surface area contributed by atoms with Crippen LogP contribution in [0.15, 0.2) is 24.3 Å². The van der Waals surface area contributed by atoms with E-state index in [0.29, 0.717) is 12.0 Å². The predicted octanol–water partition coefficient (Wildman–Crippen LogP) is 4.06. The van der Waals surface area contributed by atoms with Crippen LogP contribution in [0.3, 0.4) is 0 Å². The molecule has 0 N–H and O–H groups in total. The second kappa shape index (κ2) is 10.4. The third-order valence-electron chi connectivity index (χ3n) is 6.87. The first-order valence-electron chi connectivity index (χ1n) is 11.2. The van der Waals surface area contributed by atoms with Crippen LogP contribution >= 0.6 is 0 Å². The fourth-order valence-corrected chi connectivity index (χ4v) is 4.81. The third kappa shape index (κ3) is 5.57. The van der Waals surface area contributed by atoms with Gasteiger partial charge in [0.05, 0.1) is 0 Å². The van der Waals surface area contributed by atoms with E-state index in [4.69, 9.17) is 4.74 Å². The van der Waals surface area contributed by atoms with E-state index >= 15 is 0 Å². The Kier molecular flexibility index (Phi) is 7.92. The molecule has 3 rings (SSSR count). The van der Waals surface area contributed by atoms with Crippen molar-refractivity contribution in [2.75, 3.05) is 33.3 Å². The number of carbonyl (C=O) groups is 1. The van der Waals surface area contributed by atoms with Gasteiger partial charge in [0.25, 0.3) is 5.91 Å². The van der Waals surface area contributed by atoms with Gasteiger partial charge in [-0.15, -0.1) is 0 Å². The lowest BCUT2D eigenvalue weighted by Gasteiger charge is -2.38. The summed E-state index contributed by atoms with van der Waals surface area (Å²) in [7, 11) is 1.64. The van der Waals surface area contributed by atoms with Gasteiger partial charge in [-0.25, -0.2) is 0 Å². The Morgan fingerprint density at radius 2 is 1.86 bits per heavy atom. The van der Waals surface area contributed by atoms with E-state index in [2.05, 4.69) is 41.0 Å². The predicted molar refractivity (Wildman–Crippen MR) is 114 cm³/mol. The molecule has 1 aliphatic heterocycles. The number of ether oxygens (including phenoxy) is 1. The monoisotopic (exact) mass is 386 g/mol. The minimum atomic E-state index is -0.324. The summed E-state index contributed by atoms with van der Waals surface area (Å²) in [4.78, 5) is 17.7. The zero-order valence-electron chi connectivity index (χ0n) is 18.0. The normalized spacial score (nSPS) is 20.4. The summed E-state index contributed by atoms with van der Waals surface area (Å²) in [5.74, 6) is 0.819. The number of nitrogens with zero attached hydrogens (tertiary/aromatic N) is 2. The largest absolute Gasteiger partial charge is 0.372 e. The maximum absolute atomic E-state index is 12.9. The Hall–Kier alpha value is -1.39. The van der Waals surface area contributed by atoms with Crippen molar-refractivity contribution >= 4 is 5.91 Å². The lowest BCUT2D eigenvalue weighted by Crippen LogP contribution is -2.48. The molecule has 2 aliphatic rings. The fraction of sp³-hybridized carbons (Fsp3) is 0.708. The molecule has 1 aliphatic carbocycles. The second-order valence-corrected chi connectivity index (χ2v) is 8.77. The molecule has 0 spiro atoms. The molecule has 2 fully saturated rings. The molecule has 1 heterocycles. The summed E-state index contributed by atoms with van der Waals surface area (Å²) in [6, 6.07) is 9.15. The van der Waals surface area contributed by atoms with Crippen LogP contribution in [0.4, 0.5) is 0 Å². The lowest BCUT2D eigenvalue weighted by atomic mass is 9.94. The molecule has 0 bridgehead atoms. The lowest BCUT2D eigenvalue weighted by molar-refractivity contribution is -0.144. The molecule has 1 aromatic carbocycles. The Morgan fingerprint density at radius 1 is 1.18 bits per heavy atom. The highest BCUT2D eigenvalue weighted by atomic mass is 16.5. The van der Waals surface area contributed by atoms with Crippen LogP contribution in [0.1, 0.15) is 56.6 Å². The number of amides is 1. The van der Waals surface area contributed by atoms with Gasteiger partial charge in [0, 0.05) is 26.2 Å². The highest BCUT2D eigenvalue weighted by Gasteiger charge is 2.32. The summed E-state index contributed by atoms with van der Waals surface area (Å²) < 4.78 is 5.34. The molecule has 0 unspecified atom stereocenters. The van der Waals surface area contributed by atoms with Gasteiger partial charge in [0.1, 0.15) is 6.10 Å². The maximum Gasteiger partial charge on any atom is 0.251 e. The third-order valence-corrected chi connectivity index (χ3v) is 6.87. The van der Waals surface area contributed by atoms with Crippen molar-refractivity contribution in [1.82, 2.24) is 9.80 Å². The van der Waals surface area contributed by atoms with Crippen molar-refractivity contribution in [3.63, 3.8) is 0 Å². The van der Waals surface area contributed by atoms with Crippen LogP contribution < -0.4 is 0 Å². The highest BCUT2D eigenvalue weighted by molar-refractivity contribution is 5.80. The Bertz CT molecular complexity index is 619. The highest BCUT2D eigenvalue weighted by Crippen LogP contribution is 2.27. The number of hydrogen-bond donors (Lipinski definition) is 0. The van der Waals surface area contributed by atoms with E-state index in [9.17, 15) is 4.79 Å². The zero-order valence-corrected chi connectivity index (χ0v) is 18.0. The van der Waals surface area contributed by atoms with Gasteiger partial charge in [0.15, 0.2) is 0 Å². The van der Waals surface area contributed by atoms with E-state index in [0.717, 1.165) is 45.4 Å². The van der Waals surface area contributed by atoms with Crippen molar-refractivity contribution in [1.29, 1.82) is 0 Å². The number of piperidine rings is 1. The molecule has 1 saturated carbocycles. The molecule has 4 nitrogen and oxygen atoms in total. The zero-order chi connectivity index (χ0) is 19.9. The topological polar surface area (TPSA) is 32.8 Å². The first-order chi connectivity index (χ1) is 13.6. The molecule has 1 aromatic rings. The fourth-order valence-electron chi connectivity index (χ4n) is 4.81. The molecule has 1 atom stereocenters. The molecule has 4 heteroatoms. The van der Waals surface area contributed by atoms with Crippen molar-refractivity contribution in [3.8, 4) is 0 Å². The minimum absolute atomic E-state index is 0.191. The summed E-state index contributed by atoms with van der Waals surface area (Å²) in [5.41, 5.74) is 2.87. The van der Waals surface area contributed by atoms with Gasteiger partial charge in [-0.05, 0) is 76.1 Å². The quantitative estimate of drug-likeness (QED) is 0.675. The first kappa shape index (κ1) is 21.3. The van der Waals surface area contributed by atoms with Gasteiger partial charge in [-0.3, -0.25) is 4.79 Å². The molecule has 156 valence electrons. The number of carbonyl (C=O) groups excluding carboxylic acids is 1. The molecule has 1 saturated heterocycles. The Labute approximate surface area is 171 Å². The maximum atomic E-state index is 12.9. The van der Waals surface area contributed by atoms with Crippen molar-refractivity contribution in [2.45, 2.75) is 70.9 Å². The number of hydrogen-bond acceptors (Lipinski definition) is 3. The van der Waals surface area contributed by atoms with E-state index in [1.54, 1.807) is 7.11 Å². The molecule has 0 aromatic heterocycles. The van der Waals surface area contributed by atoms with Crippen LogP contribution in [0.25, 0.3) is 0 Å². The standard InChI is InChI=1S/C24H38N2O2/c1-19-8-4-5-9-22(19)14-17-25-15-12-21(13-16-25)18-26(23-10-6-7-11-23)24(27)20(2)28-3/h4-5,8-9,20-21,23H,6-7,10-18H2,1-3H3/t20-/m0/s1. The SMILES string of the molecule is CO[C@@H](C)C(=O)N(CC1CCN(CCc2ccccc2C)CC1)C1CCCC1. The average Bonchev–Trinajstić information content (AvgIpc) is 3.25. The number of methoxy groups -OCH3 is 1. The first-order valence-corrected chi connectivity index (χ1v) is 11.2. The number of benzene rings is 1. The average molecular weight is 387 g/mol. The van der Waals surface area contributed by atoms with E-state index in [-0.39, 0.29) is 12.0 Å². The minimum Gasteiger partial charge on any atom is -0.372 e. The van der Waals surface area contributed by atoms with Gasteiger partial charge in [-0.1, -0.05) is 37.1 Å². The van der Waals surface area contributed by atoms with Crippen LogP contribution in [0.5, 0.6) is 0 Å². The van der Waals surface area contributed by atoms with Gasteiger partial charge >= 0.3 is 0 Å².